The number of hydrogen-bond acceptors (Lipinski definition) is 6. The van der Waals surface area contributed by atoms with Crippen LogP contribution < -0.4 is 9.64 Å². The summed E-state index contributed by atoms with van der Waals surface area (Å²) >= 11 is 1.53. The number of thioether (sulfide) groups is 1. The molecule has 0 spiro atoms. The third-order valence-electron chi connectivity index (χ3n) is 7.49. The highest BCUT2D eigenvalue weighted by Crippen LogP contribution is 2.50. The van der Waals surface area contributed by atoms with Gasteiger partial charge in [-0.3, -0.25) is 14.5 Å². The number of morpholine rings is 1. The van der Waals surface area contributed by atoms with Crippen molar-refractivity contribution in [2.75, 3.05) is 50.6 Å². The summed E-state index contributed by atoms with van der Waals surface area (Å²) in [6, 6.07) is 26.0. The average molecular weight is 569 g/mol. The SMILES string of the molecule is COc1ccccc1[C@@H]1SCC(=O)N(CC(=O)N2CCOCC2)c2c1c(-c1ccccc1)nn2-c1ccc(C)cc1. The second-order valence-corrected chi connectivity index (χ2v) is 11.2. The van der Waals surface area contributed by atoms with Crippen molar-refractivity contribution in [3.05, 3.63) is 95.6 Å². The minimum Gasteiger partial charge on any atom is -0.496 e. The van der Waals surface area contributed by atoms with E-state index in [1.165, 1.54) is 11.8 Å². The lowest BCUT2D eigenvalue weighted by Crippen LogP contribution is -2.48. The maximum Gasteiger partial charge on any atom is 0.242 e. The third kappa shape index (κ3) is 5.35. The number of benzene rings is 3. The minimum absolute atomic E-state index is 0.0726. The fourth-order valence-corrected chi connectivity index (χ4v) is 6.59. The fourth-order valence-electron chi connectivity index (χ4n) is 5.37. The van der Waals surface area contributed by atoms with Gasteiger partial charge in [-0.1, -0.05) is 66.2 Å². The van der Waals surface area contributed by atoms with Gasteiger partial charge in [-0.05, 0) is 25.1 Å². The Kier molecular flexibility index (Phi) is 7.80. The summed E-state index contributed by atoms with van der Waals surface area (Å²) in [6.07, 6.45) is 0. The number of aryl methyl sites for hydroxylation is 1. The molecular formula is C32H32N4O4S. The van der Waals surface area contributed by atoms with Crippen LogP contribution in [-0.2, 0) is 14.3 Å². The number of carbonyl (C=O) groups excluding carboxylic acids is 2. The highest BCUT2D eigenvalue weighted by Gasteiger charge is 2.39. The van der Waals surface area contributed by atoms with Crippen LogP contribution >= 0.6 is 11.8 Å². The number of rotatable bonds is 6. The average Bonchev–Trinajstić information content (AvgIpc) is 3.34. The molecule has 2 aliphatic heterocycles. The van der Waals surface area contributed by atoms with Crippen molar-refractivity contribution in [2.24, 2.45) is 0 Å². The van der Waals surface area contributed by atoms with E-state index in [0.29, 0.717) is 32.1 Å². The van der Waals surface area contributed by atoms with Crippen molar-refractivity contribution in [3.63, 3.8) is 0 Å². The molecule has 0 saturated carbocycles. The Hall–Kier alpha value is -4.08. The van der Waals surface area contributed by atoms with Crippen molar-refractivity contribution < 1.29 is 19.1 Å². The second-order valence-electron chi connectivity index (χ2n) is 10.1. The Morgan fingerprint density at radius 1 is 1.00 bits per heavy atom. The first-order valence-corrected chi connectivity index (χ1v) is 14.8. The number of para-hydroxylation sites is 1. The Morgan fingerprint density at radius 3 is 2.44 bits per heavy atom. The van der Waals surface area contributed by atoms with Gasteiger partial charge in [0, 0.05) is 29.8 Å². The molecule has 0 unspecified atom stereocenters. The molecule has 0 radical (unpaired) electrons. The molecule has 0 N–H and O–H groups in total. The van der Waals surface area contributed by atoms with E-state index in [4.69, 9.17) is 14.6 Å². The van der Waals surface area contributed by atoms with Gasteiger partial charge in [0.15, 0.2) is 0 Å². The lowest BCUT2D eigenvalue weighted by Gasteiger charge is -2.30. The standard InChI is InChI=1S/C32H32N4O4S/c1-22-12-14-24(15-13-22)36-32-29(30(33-36)23-8-4-3-5-9-23)31(25-10-6-7-11-26(25)39-2)41-21-28(38)35(32)20-27(37)34-16-18-40-19-17-34/h3-15,31H,16-21H2,1-2H3/t31-/m0/s1. The van der Waals surface area contributed by atoms with E-state index in [1.807, 2.05) is 90.5 Å². The fraction of sp³-hybridized carbons (Fsp3) is 0.281. The Labute approximate surface area is 243 Å². The van der Waals surface area contributed by atoms with Crippen LogP contribution in [0.15, 0.2) is 78.9 Å². The van der Waals surface area contributed by atoms with Crippen LogP contribution in [0.3, 0.4) is 0 Å². The van der Waals surface area contributed by atoms with E-state index in [2.05, 4.69) is 0 Å². The number of nitrogens with zero attached hydrogens (tertiary/aromatic N) is 4. The van der Waals surface area contributed by atoms with Crippen molar-refractivity contribution in [3.8, 4) is 22.7 Å². The number of aromatic nitrogens is 2. The number of methoxy groups -OCH3 is 1. The Bertz CT molecular complexity index is 1550. The predicted molar refractivity (Wildman–Crippen MR) is 161 cm³/mol. The smallest absolute Gasteiger partial charge is 0.242 e. The van der Waals surface area contributed by atoms with E-state index in [-0.39, 0.29) is 29.4 Å². The summed E-state index contributed by atoms with van der Waals surface area (Å²) in [5.74, 6) is 1.31. The monoisotopic (exact) mass is 568 g/mol. The summed E-state index contributed by atoms with van der Waals surface area (Å²) in [4.78, 5) is 30.9. The lowest BCUT2D eigenvalue weighted by molar-refractivity contribution is -0.134. The van der Waals surface area contributed by atoms with Crippen LogP contribution in [0.5, 0.6) is 5.75 Å². The molecular weight excluding hydrogens is 536 g/mol. The van der Waals surface area contributed by atoms with Gasteiger partial charge in [-0.2, -0.15) is 5.10 Å². The summed E-state index contributed by atoms with van der Waals surface area (Å²) in [6.45, 7) is 3.98. The van der Waals surface area contributed by atoms with E-state index < -0.39 is 0 Å². The van der Waals surface area contributed by atoms with Gasteiger partial charge >= 0.3 is 0 Å². The zero-order valence-electron chi connectivity index (χ0n) is 23.2. The summed E-state index contributed by atoms with van der Waals surface area (Å²) < 4.78 is 13.1. The number of hydrogen-bond donors (Lipinski definition) is 0. The topological polar surface area (TPSA) is 76.9 Å². The zero-order chi connectivity index (χ0) is 28.3. The number of ether oxygens (including phenoxy) is 2. The van der Waals surface area contributed by atoms with Crippen LogP contribution in [0.1, 0.15) is 21.9 Å². The Morgan fingerprint density at radius 2 is 1.71 bits per heavy atom. The predicted octanol–water partition coefficient (Wildman–Crippen LogP) is 4.88. The third-order valence-corrected chi connectivity index (χ3v) is 8.73. The van der Waals surface area contributed by atoms with Crippen molar-refractivity contribution in [1.29, 1.82) is 0 Å². The highest BCUT2D eigenvalue weighted by atomic mass is 32.2. The first kappa shape index (κ1) is 27.1. The Balaban J connectivity index is 1.60. The molecule has 1 fully saturated rings. The molecule has 2 amide bonds. The van der Waals surface area contributed by atoms with Gasteiger partial charge in [-0.25, -0.2) is 4.68 Å². The maximum atomic E-state index is 13.9. The van der Waals surface area contributed by atoms with Crippen LogP contribution in [0, 0.1) is 6.92 Å². The van der Waals surface area contributed by atoms with Gasteiger partial charge in [-0.15, -0.1) is 11.8 Å². The molecule has 0 aliphatic carbocycles. The zero-order valence-corrected chi connectivity index (χ0v) is 24.0. The molecule has 8 nitrogen and oxygen atoms in total. The van der Waals surface area contributed by atoms with Gasteiger partial charge in [0.25, 0.3) is 0 Å². The van der Waals surface area contributed by atoms with Crippen LogP contribution in [0.2, 0.25) is 0 Å². The van der Waals surface area contributed by atoms with E-state index >= 15 is 0 Å². The largest absolute Gasteiger partial charge is 0.496 e. The number of carbonyl (C=O) groups is 2. The molecule has 6 rings (SSSR count). The molecule has 3 heterocycles. The molecule has 2 aliphatic rings. The highest BCUT2D eigenvalue weighted by molar-refractivity contribution is 8.00. The first-order valence-electron chi connectivity index (χ1n) is 13.7. The molecule has 41 heavy (non-hydrogen) atoms. The summed E-state index contributed by atoms with van der Waals surface area (Å²) in [5.41, 5.74) is 5.47. The molecule has 1 atom stereocenters. The quantitative estimate of drug-likeness (QED) is 0.330. The molecule has 1 saturated heterocycles. The molecule has 0 bridgehead atoms. The summed E-state index contributed by atoms with van der Waals surface area (Å²) in [5, 5.41) is 4.90. The van der Waals surface area contributed by atoms with Crippen LogP contribution in [0.4, 0.5) is 5.82 Å². The molecule has 9 heteroatoms. The van der Waals surface area contributed by atoms with E-state index in [1.54, 1.807) is 16.9 Å². The van der Waals surface area contributed by atoms with Gasteiger partial charge in [0.2, 0.25) is 11.8 Å². The maximum absolute atomic E-state index is 13.9. The summed E-state index contributed by atoms with van der Waals surface area (Å²) in [7, 11) is 1.66. The van der Waals surface area contributed by atoms with Gasteiger partial charge in [0.05, 0.1) is 42.7 Å². The first-order chi connectivity index (χ1) is 20.0. The molecule has 4 aromatic rings. The normalized spacial score (nSPS) is 17.2. The molecule has 3 aromatic carbocycles. The van der Waals surface area contributed by atoms with Gasteiger partial charge in [0.1, 0.15) is 18.1 Å². The van der Waals surface area contributed by atoms with Crippen molar-refractivity contribution >= 4 is 29.4 Å². The van der Waals surface area contributed by atoms with Crippen LogP contribution in [-0.4, -0.2) is 72.2 Å². The van der Waals surface area contributed by atoms with Crippen LogP contribution in [0.25, 0.3) is 16.9 Å². The van der Waals surface area contributed by atoms with Crippen molar-refractivity contribution in [1.82, 2.24) is 14.7 Å². The minimum atomic E-state index is -0.261. The van der Waals surface area contributed by atoms with Crippen molar-refractivity contribution in [2.45, 2.75) is 12.2 Å². The number of amides is 2. The van der Waals surface area contributed by atoms with E-state index in [9.17, 15) is 9.59 Å². The number of anilines is 1. The molecule has 1 aromatic heterocycles. The molecule has 210 valence electrons. The second kappa shape index (κ2) is 11.8. The van der Waals surface area contributed by atoms with Gasteiger partial charge < -0.3 is 14.4 Å². The number of fused-ring (bicyclic) bond motifs is 1. The van der Waals surface area contributed by atoms with E-state index in [0.717, 1.165) is 39.4 Å². The lowest BCUT2D eigenvalue weighted by atomic mass is 9.99.